The van der Waals surface area contributed by atoms with Gasteiger partial charge in [-0.25, -0.2) is 0 Å². The van der Waals surface area contributed by atoms with E-state index in [4.69, 9.17) is 0 Å². The van der Waals surface area contributed by atoms with Crippen LogP contribution in [0.5, 0.6) is 0 Å². The molecule has 0 amide bonds. The Morgan fingerprint density at radius 2 is 1.22 bits per heavy atom. The molecule has 0 saturated heterocycles. The monoisotopic (exact) mass is 446 g/mol. The van der Waals surface area contributed by atoms with Gasteiger partial charge in [-0.2, -0.15) is 0 Å². The van der Waals surface area contributed by atoms with Gasteiger partial charge in [0.2, 0.25) is 0 Å². The average Bonchev–Trinajstić information content (AvgIpc) is 2.47. The quantitative estimate of drug-likeness (QED) is 0.243. The zero-order valence-electron chi connectivity index (χ0n) is 17.3. The van der Waals surface area contributed by atoms with Crippen molar-refractivity contribution in [3.8, 4) is 0 Å². The molecule has 0 fully saturated rings. The summed E-state index contributed by atoms with van der Waals surface area (Å²) in [6.45, 7) is 18.9. The molecular formula is C20H42OSiSn. The standard InChI is InChI=1S/C8H15OSi.3C4H9.Sn/c1-8(2,3)10(4,5)7-6-9;3*1-3-4-2;/h1-5H3;3*1,3-4H2,2H3;. The predicted molar refractivity (Wildman–Crippen MR) is 111 cm³/mol. The van der Waals surface area contributed by atoms with E-state index in [9.17, 15) is 4.79 Å². The molecule has 3 heteroatoms. The number of hydrogen-bond donors (Lipinski definition) is 0. The first-order valence-corrected chi connectivity index (χ1v) is 20.4. The summed E-state index contributed by atoms with van der Waals surface area (Å²) >= 11 is -2.60. The van der Waals surface area contributed by atoms with Crippen LogP contribution in [0.15, 0.2) is 3.21 Å². The normalized spacial score (nSPS) is 13.0. The molecule has 0 aromatic rings. The van der Waals surface area contributed by atoms with E-state index >= 15 is 0 Å². The van der Waals surface area contributed by atoms with Crippen molar-refractivity contribution in [2.24, 2.45) is 0 Å². The van der Waals surface area contributed by atoms with Crippen LogP contribution in [0.3, 0.4) is 0 Å². The second-order valence-corrected chi connectivity index (χ2v) is 28.6. The van der Waals surface area contributed by atoms with E-state index in [0.29, 0.717) is 0 Å². The van der Waals surface area contributed by atoms with E-state index in [-0.39, 0.29) is 5.04 Å². The van der Waals surface area contributed by atoms with Gasteiger partial charge >= 0.3 is 152 Å². The molecule has 136 valence electrons. The Kier molecular flexibility index (Phi) is 10.7. The first kappa shape index (κ1) is 23.5. The minimum absolute atomic E-state index is 0.257. The third-order valence-corrected chi connectivity index (χ3v) is 34.7. The molecule has 0 spiro atoms. The molecule has 0 unspecified atom stereocenters. The fourth-order valence-electron chi connectivity index (χ4n) is 3.57. The van der Waals surface area contributed by atoms with Crippen molar-refractivity contribution in [3.05, 3.63) is 3.21 Å². The van der Waals surface area contributed by atoms with E-state index in [0.717, 1.165) is 0 Å². The van der Waals surface area contributed by atoms with Crippen LogP contribution in [0.25, 0.3) is 0 Å². The minimum atomic E-state index is -2.60. The molecule has 0 aromatic heterocycles. The van der Waals surface area contributed by atoms with E-state index < -0.39 is 26.5 Å². The Morgan fingerprint density at radius 1 is 0.870 bits per heavy atom. The van der Waals surface area contributed by atoms with Crippen LogP contribution in [0.4, 0.5) is 0 Å². The molecule has 0 N–H and O–H groups in total. The molecular weight excluding hydrogens is 403 g/mol. The summed E-state index contributed by atoms with van der Waals surface area (Å²) in [6, 6.07) is 0. The van der Waals surface area contributed by atoms with E-state index in [1.54, 1.807) is 0 Å². The topological polar surface area (TPSA) is 17.1 Å². The van der Waals surface area contributed by atoms with E-state index in [1.807, 2.05) is 0 Å². The van der Waals surface area contributed by atoms with Crippen LogP contribution in [0, 0.1) is 0 Å². The van der Waals surface area contributed by atoms with E-state index in [1.165, 1.54) is 55.0 Å². The Balaban J connectivity index is 5.95. The average molecular weight is 445 g/mol. The molecule has 0 bridgehead atoms. The van der Waals surface area contributed by atoms with Gasteiger partial charge in [0.15, 0.2) is 0 Å². The summed E-state index contributed by atoms with van der Waals surface area (Å²) < 4.78 is 5.59. The molecule has 0 rings (SSSR count). The molecule has 0 aromatic carbocycles. The summed E-state index contributed by atoms with van der Waals surface area (Å²) in [6.07, 6.45) is 7.76. The third kappa shape index (κ3) is 6.36. The molecule has 1 nitrogen and oxygen atoms in total. The first-order chi connectivity index (χ1) is 10.6. The second kappa shape index (κ2) is 10.5. The van der Waals surface area contributed by atoms with Crippen LogP contribution < -0.4 is 0 Å². The SMILES string of the molecule is CCC[CH2][Sn]([CH2]CCC)([CH2]CCC)[C](=C=O)[Si](C)(C)C(C)(C)C. The number of rotatable bonds is 11. The van der Waals surface area contributed by atoms with Gasteiger partial charge in [-0.3, -0.25) is 0 Å². The van der Waals surface area contributed by atoms with Crippen molar-refractivity contribution in [2.45, 2.75) is 112 Å². The Bertz CT molecular complexity index is 367. The maximum atomic E-state index is 12.3. The zero-order chi connectivity index (χ0) is 18.1. The Labute approximate surface area is 151 Å². The molecule has 0 aliphatic heterocycles. The van der Waals surface area contributed by atoms with Crippen molar-refractivity contribution >= 4 is 32.4 Å². The second-order valence-electron chi connectivity index (χ2n) is 8.94. The molecule has 0 atom stereocenters. The summed E-state index contributed by atoms with van der Waals surface area (Å²) in [5, 5.41) is 0.257. The fraction of sp³-hybridized carbons (Fsp3) is 0.900. The molecule has 0 heterocycles. The van der Waals surface area contributed by atoms with Crippen molar-refractivity contribution in [2.75, 3.05) is 0 Å². The van der Waals surface area contributed by atoms with Crippen LogP contribution >= 0.6 is 0 Å². The molecule has 0 aliphatic carbocycles. The fourth-order valence-corrected chi connectivity index (χ4v) is 36.7. The van der Waals surface area contributed by atoms with Gasteiger partial charge in [-0.15, -0.1) is 0 Å². The summed E-state index contributed by atoms with van der Waals surface area (Å²) in [4.78, 5) is 12.3. The van der Waals surface area contributed by atoms with Gasteiger partial charge in [0.05, 0.1) is 0 Å². The summed E-state index contributed by atoms with van der Waals surface area (Å²) in [5.74, 6) is 2.64. The van der Waals surface area contributed by atoms with Gasteiger partial charge < -0.3 is 0 Å². The molecule has 0 saturated carbocycles. The zero-order valence-corrected chi connectivity index (χ0v) is 21.1. The Morgan fingerprint density at radius 3 is 1.43 bits per heavy atom. The van der Waals surface area contributed by atoms with E-state index in [2.05, 4.69) is 60.6 Å². The molecule has 0 aliphatic rings. The van der Waals surface area contributed by atoms with Crippen molar-refractivity contribution in [1.82, 2.24) is 0 Å². The van der Waals surface area contributed by atoms with Gasteiger partial charge in [-0.05, 0) is 0 Å². The maximum absolute atomic E-state index is 12.3. The summed E-state index contributed by atoms with van der Waals surface area (Å²) in [7, 11) is -1.73. The van der Waals surface area contributed by atoms with Crippen LogP contribution in [-0.4, -0.2) is 32.4 Å². The van der Waals surface area contributed by atoms with Gasteiger partial charge in [0, 0.05) is 0 Å². The number of unbranched alkanes of at least 4 members (excludes halogenated alkanes) is 3. The van der Waals surface area contributed by atoms with Crippen molar-refractivity contribution in [3.63, 3.8) is 0 Å². The van der Waals surface area contributed by atoms with Crippen LogP contribution in [0.1, 0.15) is 80.1 Å². The van der Waals surface area contributed by atoms with Crippen LogP contribution in [-0.2, 0) is 4.79 Å². The van der Waals surface area contributed by atoms with Crippen molar-refractivity contribution < 1.29 is 4.79 Å². The Hall–Kier alpha value is 0.466. The third-order valence-electron chi connectivity index (χ3n) is 6.16. The molecule has 0 radical (unpaired) electrons. The summed E-state index contributed by atoms with van der Waals surface area (Å²) in [5.41, 5.74) is 0. The van der Waals surface area contributed by atoms with Gasteiger partial charge in [0.25, 0.3) is 0 Å². The molecule has 23 heavy (non-hydrogen) atoms. The van der Waals surface area contributed by atoms with Gasteiger partial charge in [-0.1, -0.05) is 0 Å². The number of hydrogen-bond acceptors (Lipinski definition) is 1. The number of carbonyl (C=O) groups excluding carboxylic acids is 1. The van der Waals surface area contributed by atoms with Crippen LogP contribution in [0.2, 0.25) is 31.4 Å². The van der Waals surface area contributed by atoms with Gasteiger partial charge in [0.1, 0.15) is 0 Å². The first-order valence-electron chi connectivity index (χ1n) is 9.89. The predicted octanol–water partition coefficient (Wildman–Crippen LogP) is 7.18. The van der Waals surface area contributed by atoms with Crippen molar-refractivity contribution in [1.29, 1.82) is 0 Å².